The maximum atomic E-state index is 14.0. The summed E-state index contributed by atoms with van der Waals surface area (Å²) in [6.45, 7) is 0. The molecule has 1 N–H and O–H groups in total. The highest BCUT2D eigenvalue weighted by Crippen LogP contribution is 2.41. The quantitative estimate of drug-likeness (QED) is 0.885. The second kappa shape index (κ2) is 6.86. The predicted octanol–water partition coefficient (Wildman–Crippen LogP) is 3.56. The van der Waals surface area contributed by atoms with Crippen molar-refractivity contribution < 1.29 is 13.6 Å². The number of rotatable bonds is 6. The lowest BCUT2D eigenvalue weighted by Gasteiger charge is -2.19. The number of nitrogens with one attached hydrogen (secondary N) is 1. The molecule has 5 heteroatoms. The lowest BCUT2D eigenvalue weighted by atomic mass is 10.0. The number of carbonyl (C=O) groups excluding carboxylic acids is 1. The first kappa shape index (κ1) is 15.6. The summed E-state index contributed by atoms with van der Waals surface area (Å²) in [4.78, 5) is 16.3. The zero-order chi connectivity index (χ0) is 16.2. The Morgan fingerprint density at radius 3 is 2.78 bits per heavy atom. The lowest BCUT2D eigenvalue weighted by Crippen LogP contribution is -2.30. The van der Waals surface area contributed by atoms with Crippen LogP contribution in [0.4, 0.5) is 8.78 Å². The second-order valence-electron chi connectivity index (χ2n) is 5.87. The zero-order valence-electron chi connectivity index (χ0n) is 12.6. The minimum absolute atomic E-state index is 0.170. The van der Waals surface area contributed by atoms with E-state index >= 15 is 0 Å². The van der Waals surface area contributed by atoms with Crippen LogP contribution in [0.2, 0.25) is 0 Å². The van der Waals surface area contributed by atoms with E-state index in [2.05, 4.69) is 10.3 Å². The molecule has 0 bridgehead atoms. The number of nitrogens with zero attached hydrogens (tertiary/aromatic N) is 1. The van der Waals surface area contributed by atoms with E-state index in [9.17, 15) is 13.6 Å². The molecule has 0 aliphatic heterocycles. The number of hydrogen-bond acceptors (Lipinski definition) is 2. The minimum atomic E-state index is -0.491. The third kappa shape index (κ3) is 4.12. The first-order chi connectivity index (χ1) is 11.1. The number of amides is 1. The van der Waals surface area contributed by atoms with Crippen LogP contribution < -0.4 is 5.32 Å². The van der Waals surface area contributed by atoms with Crippen molar-refractivity contribution in [2.75, 3.05) is 0 Å². The summed E-state index contributed by atoms with van der Waals surface area (Å²) in [5, 5.41) is 2.86. The van der Waals surface area contributed by atoms with Crippen molar-refractivity contribution in [2.24, 2.45) is 5.92 Å². The molecule has 3 nitrogen and oxygen atoms in total. The summed E-state index contributed by atoms with van der Waals surface area (Å²) in [6, 6.07) is 8.47. The van der Waals surface area contributed by atoms with E-state index in [4.69, 9.17) is 0 Å². The average Bonchev–Trinajstić information content (AvgIpc) is 3.39. The van der Waals surface area contributed by atoms with Crippen LogP contribution in [-0.4, -0.2) is 10.9 Å². The first-order valence-electron chi connectivity index (χ1n) is 7.77. The van der Waals surface area contributed by atoms with Gasteiger partial charge in [0.2, 0.25) is 5.91 Å². The summed E-state index contributed by atoms with van der Waals surface area (Å²) in [6.07, 6.45) is 4.32. The average molecular weight is 316 g/mol. The molecule has 0 spiro atoms. The fourth-order valence-electron chi connectivity index (χ4n) is 2.67. The number of benzene rings is 1. The number of halogens is 2. The Morgan fingerprint density at radius 2 is 2.09 bits per heavy atom. The molecule has 23 heavy (non-hydrogen) atoms. The third-order valence-corrected chi connectivity index (χ3v) is 4.04. The second-order valence-corrected chi connectivity index (χ2v) is 5.87. The SMILES string of the molecule is O=C(CCc1ccccn1)N[C@H](c1cc(F)ccc1F)C1CC1. The summed E-state index contributed by atoms with van der Waals surface area (Å²) in [5.41, 5.74) is 1.07. The van der Waals surface area contributed by atoms with Gasteiger partial charge in [-0.1, -0.05) is 6.07 Å². The van der Waals surface area contributed by atoms with E-state index in [0.717, 1.165) is 30.7 Å². The van der Waals surface area contributed by atoms with Crippen LogP contribution in [0, 0.1) is 17.6 Å². The fourth-order valence-corrected chi connectivity index (χ4v) is 2.67. The van der Waals surface area contributed by atoms with Crippen LogP contribution in [0.25, 0.3) is 0 Å². The molecule has 1 aromatic carbocycles. The Bertz CT molecular complexity index is 687. The van der Waals surface area contributed by atoms with Crippen LogP contribution in [0.1, 0.15) is 36.6 Å². The van der Waals surface area contributed by atoms with Gasteiger partial charge in [-0.2, -0.15) is 0 Å². The van der Waals surface area contributed by atoms with E-state index in [1.807, 2.05) is 18.2 Å². The third-order valence-electron chi connectivity index (χ3n) is 4.04. The Labute approximate surface area is 133 Å². The van der Waals surface area contributed by atoms with Crippen LogP contribution in [0.15, 0.2) is 42.6 Å². The molecule has 0 saturated heterocycles. The summed E-state index contributed by atoms with van der Waals surface area (Å²) < 4.78 is 27.4. The smallest absolute Gasteiger partial charge is 0.220 e. The van der Waals surface area contributed by atoms with Gasteiger partial charge in [0.05, 0.1) is 6.04 Å². The topological polar surface area (TPSA) is 42.0 Å². The largest absolute Gasteiger partial charge is 0.349 e. The van der Waals surface area contributed by atoms with Crippen molar-refractivity contribution in [1.29, 1.82) is 0 Å². The van der Waals surface area contributed by atoms with Gasteiger partial charge in [0.15, 0.2) is 0 Å². The molecule has 1 aliphatic rings. The van der Waals surface area contributed by atoms with Gasteiger partial charge >= 0.3 is 0 Å². The molecule has 3 rings (SSSR count). The minimum Gasteiger partial charge on any atom is -0.349 e. The van der Waals surface area contributed by atoms with Gasteiger partial charge in [-0.3, -0.25) is 9.78 Å². The standard InChI is InChI=1S/C18H18F2N2O/c19-13-6-8-16(20)15(11-13)18(12-4-5-12)22-17(23)9-7-14-3-1-2-10-21-14/h1-3,6,8,10-12,18H,4-5,7,9H2,(H,22,23)/t18-/m0/s1. The molecule has 0 unspecified atom stereocenters. The van der Waals surface area contributed by atoms with Crippen molar-refractivity contribution in [1.82, 2.24) is 10.3 Å². The normalized spacial score (nSPS) is 15.2. The molecule has 0 radical (unpaired) electrons. The van der Waals surface area contributed by atoms with E-state index in [1.165, 1.54) is 6.07 Å². The van der Waals surface area contributed by atoms with E-state index < -0.39 is 17.7 Å². The molecular formula is C18H18F2N2O. The lowest BCUT2D eigenvalue weighted by molar-refractivity contribution is -0.122. The van der Waals surface area contributed by atoms with Gasteiger partial charge in [-0.15, -0.1) is 0 Å². The van der Waals surface area contributed by atoms with Crippen molar-refractivity contribution in [3.63, 3.8) is 0 Å². The first-order valence-corrected chi connectivity index (χ1v) is 7.77. The van der Waals surface area contributed by atoms with E-state index in [1.54, 1.807) is 6.20 Å². The number of pyridine rings is 1. The number of aryl methyl sites for hydroxylation is 1. The Hall–Kier alpha value is -2.30. The molecule has 1 amide bonds. The van der Waals surface area contributed by atoms with Crippen LogP contribution in [0.3, 0.4) is 0 Å². The Kier molecular flexibility index (Phi) is 4.65. The van der Waals surface area contributed by atoms with E-state index in [-0.39, 0.29) is 23.8 Å². The van der Waals surface area contributed by atoms with Gasteiger partial charge in [0.25, 0.3) is 0 Å². The monoisotopic (exact) mass is 316 g/mol. The molecule has 120 valence electrons. The highest BCUT2D eigenvalue weighted by atomic mass is 19.1. The fraction of sp³-hybridized carbons (Fsp3) is 0.333. The Balaban J connectivity index is 1.65. The van der Waals surface area contributed by atoms with Crippen molar-refractivity contribution in [3.05, 3.63) is 65.5 Å². The van der Waals surface area contributed by atoms with Crippen LogP contribution in [0.5, 0.6) is 0 Å². The molecule has 1 atom stereocenters. The summed E-state index contributed by atoms with van der Waals surface area (Å²) >= 11 is 0. The number of hydrogen-bond donors (Lipinski definition) is 1. The molecule has 1 aromatic heterocycles. The van der Waals surface area contributed by atoms with Crippen molar-refractivity contribution in [2.45, 2.75) is 31.7 Å². The van der Waals surface area contributed by atoms with Crippen LogP contribution in [-0.2, 0) is 11.2 Å². The molecule has 1 fully saturated rings. The molecule has 1 saturated carbocycles. The number of carbonyl (C=O) groups is 1. The Morgan fingerprint density at radius 1 is 1.26 bits per heavy atom. The van der Waals surface area contributed by atoms with Gasteiger partial charge < -0.3 is 5.32 Å². The van der Waals surface area contributed by atoms with Gasteiger partial charge in [0.1, 0.15) is 11.6 Å². The highest BCUT2D eigenvalue weighted by Gasteiger charge is 2.35. The molecular weight excluding hydrogens is 298 g/mol. The van der Waals surface area contributed by atoms with Crippen molar-refractivity contribution >= 4 is 5.91 Å². The maximum Gasteiger partial charge on any atom is 0.220 e. The van der Waals surface area contributed by atoms with Gasteiger partial charge in [0, 0.05) is 23.9 Å². The number of aromatic nitrogens is 1. The van der Waals surface area contributed by atoms with E-state index in [0.29, 0.717) is 6.42 Å². The predicted molar refractivity (Wildman–Crippen MR) is 82.5 cm³/mol. The van der Waals surface area contributed by atoms with Gasteiger partial charge in [-0.05, 0) is 55.5 Å². The summed E-state index contributed by atoms with van der Waals surface area (Å²) in [7, 11) is 0. The van der Waals surface area contributed by atoms with Crippen LogP contribution >= 0.6 is 0 Å². The molecule has 1 heterocycles. The van der Waals surface area contributed by atoms with Crippen molar-refractivity contribution in [3.8, 4) is 0 Å². The summed E-state index contributed by atoms with van der Waals surface area (Å²) in [5.74, 6) is -0.954. The zero-order valence-corrected chi connectivity index (χ0v) is 12.6. The maximum absolute atomic E-state index is 14.0. The highest BCUT2D eigenvalue weighted by molar-refractivity contribution is 5.76. The molecule has 1 aliphatic carbocycles. The molecule has 2 aromatic rings. The van der Waals surface area contributed by atoms with Gasteiger partial charge in [-0.25, -0.2) is 8.78 Å².